The van der Waals surface area contributed by atoms with Gasteiger partial charge in [0, 0.05) is 18.7 Å². The Morgan fingerprint density at radius 2 is 2.20 bits per heavy atom. The number of carbonyl (C=O) groups is 2. The van der Waals surface area contributed by atoms with Crippen LogP contribution in [0.3, 0.4) is 0 Å². The molecule has 0 aromatic heterocycles. The van der Waals surface area contributed by atoms with Gasteiger partial charge in [-0.1, -0.05) is 0 Å². The number of hydrogen-bond donors (Lipinski definition) is 3. The second-order valence-electron chi connectivity index (χ2n) is 5.39. The Bertz CT molecular complexity index is 572. The fourth-order valence-electron chi connectivity index (χ4n) is 3.22. The molecule has 0 aliphatic carbocycles. The van der Waals surface area contributed by atoms with Crippen LogP contribution in [0, 0.1) is 5.92 Å². The highest BCUT2D eigenvalue weighted by Crippen LogP contribution is 2.34. The molecule has 0 saturated carbocycles. The molecule has 2 amide bonds. The first-order chi connectivity index (χ1) is 9.58. The Kier molecular flexibility index (Phi) is 3.00. The molecule has 1 aromatic rings. The summed E-state index contributed by atoms with van der Waals surface area (Å²) in [5, 5.41) is 2.91. The molecule has 2 aliphatic rings. The predicted octanol–water partition coefficient (Wildman–Crippen LogP) is 0.0825. The highest BCUT2D eigenvalue weighted by atomic mass is 16.2. The second-order valence-corrected chi connectivity index (χ2v) is 5.39. The molecule has 2 fully saturated rings. The van der Waals surface area contributed by atoms with E-state index < -0.39 is 5.91 Å². The van der Waals surface area contributed by atoms with Crippen molar-refractivity contribution in [2.75, 3.05) is 23.7 Å². The summed E-state index contributed by atoms with van der Waals surface area (Å²) < 4.78 is 0. The summed E-state index contributed by atoms with van der Waals surface area (Å²) >= 11 is 0. The Morgan fingerprint density at radius 1 is 1.40 bits per heavy atom. The number of nitrogen functional groups attached to an aromatic ring is 1. The van der Waals surface area contributed by atoms with Crippen LogP contribution in [0.25, 0.3) is 0 Å². The Balaban J connectivity index is 1.92. The van der Waals surface area contributed by atoms with Gasteiger partial charge in [0.1, 0.15) is 0 Å². The van der Waals surface area contributed by atoms with E-state index in [0.717, 1.165) is 25.1 Å². The van der Waals surface area contributed by atoms with Crippen molar-refractivity contribution in [1.29, 1.82) is 0 Å². The Labute approximate surface area is 117 Å². The van der Waals surface area contributed by atoms with Gasteiger partial charge in [0.05, 0.1) is 23.3 Å². The summed E-state index contributed by atoms with van der Waals surface area (Å²) in [5.74, 6) is -0.316. The first-order valence-electron chi connectivity index (χ1n) is 6.81. The minimum absolute atomic E-state index is 0.0407. The minimum Gasteiger partial charge on any atom is -0.397 e. The molecule has 20 heavy (non-hydrogen) atoms. The van der Waals surface area contributed by atoms with Crippen LogP contribution in [0.4, 0.5) is 11.4 Å². The molecule has 5 N–H and O–H groups in total. The number of nitrogens with two attached hydrogens (primary N) is 2. The zero-order valence-corrected chi connectivity index (χ0v) is 11.1. The SMILES string of the molecule is NC(=O)c1ccc(N2CCCC3C(=O)NCC32)c(N)c1. The number of amides is 2. The lowest BCUT2D eigenvalue weighted by Gasteiger charge is -2.38. The average Bonchev–Trinajstić information content (AvgIpc) is 2.81. The fourth-order valence-corrected chi connectivity index (χ4v) is 3.22. The highest BCUT2D eigenvalue weighted by molar-refractivity contribution is 5.95. The quantitative estimate of drug-likeness (QED) is 0.665. The molecular formula is C14H18N4O2. The third kappa shape index (κ3) is 1.97. The van der Waals surface area contributed by atoms with Gasteiger partial charge in [-0.25, -0.2) is 0 Å². The first-order valence-corrected chi connectivity index (χ1v) is 6.81. The van der Waals surface area contributed by atoms with E-state index in [9.17, 15) is 9.59 Å². The molecule has 2 saturated heterocycles. The van der Waals surface area contributed by atoms with Crippen molar-refractivity contribution in [1.82, 2.24) is 5.32 Å². The first kappa shape index (κ1) is 12.8. The molecule has 0 spiro atoms. The van der Waals surface area contributed by atoms with Crippen LogP contribution in [0.5, 0.6) is 0 Å². The van der Waals surface area contributed by atoms with Crippen molar-refractivity contribution >= 4 is 23.2 Å². The van der Waals surface area contributed by atoms with Gasteiger partial charge in [-0.2, -0.15) is 0 Å². The molecule has 3 rings (SSSR count). The van der Waals surface area contributed by atoms with Crippen LogP contribution in [0.2, 0.25) is 0 Å². The molecule has 106 valence electrons. The second kappa shape index (κ2) is 4.70. The number of piperidine rings is 1. The summed E-state index contributed by atoms with van der Waals surface area (Å²) in [6.45, 7) is 1.52. The van der Waals surface area contributed by atoms with Crippen LogP contribution < -0.4 is 21.7 Å². The third-order valence-electron chi connectivity index (χ3n) is 4.22. The van der Waals surface area contributed by atoms with Crippen LogP contribution in [-0.4, -0.2) is 30.9 Å². The van der Waals surface area contributed by atoms with Gasteiger partial charge >= 0.3 is 0 Å². The molecule has 6 heteroatoms. The van der Waals surface area contributed by atoms with E-state index in [1.165, 1.54) is 0 Å². The van der Waals surface area contributed by atoms with Crippen molar-refractivity contribution in [2.24, 2.45) is 11.7 Å². The van der Waals surface area contributed by atoms with E-state index in [1.807, 2.05) is 6.07 Å². The van der Waals surface area contributed by atoms with Gasteiger partial charge in [0.25, 0.3) is 0 Å². The third-order valence-corrected chi connectivity index (χ3v) is 4.22. The molecule has 2 aliphatic heterocycles. The summed E-state index contributed by atoms with van der Waals surface area (Å²) in [5.41, 5.74) is 13.1. The maximum atomic E-state index is 11.8. The average molecular weight is 274 g/mol. The lowest BCUT2D eigenvalue weighted by atomic mass is 9.91. The van der Waals surface area contributed by atoms with Gasteiger partial charge in [-0.3, -0.25) is 9.59 Å². The number of anilines is 2. The number of nitrogens with one attached hydrogen (secondary N) is 1. The van der Waals surface area contributed by atoms with E-state index in [2.05, 4.69) is 10.2 Å². The maximum absolute atomic E-state index is 11.8. The van der Waals surface area contributed by atoms with E-state index in [-0.39, 0.29) is 17.9 Å². The maximum Gasteiger partial charge on any atom is 0.248 e. The summed E-state index contributed by atoms with van der Waals surface area (Å²) in [4.78, 5) is 25.1. The van der Waals surface area contributed by atoms with E-state index in [1.54, 1.807) is 12.1 Å². The molecule has 6 nitrogen and oxygen atoms in total. The van der Waals surface area contributed by atoms with E-state index >= 15 is 0 Å². The van der Waals surface area contributed by atoms with Gasteiger partial charge in [-0.05, 0) is 31.0 Å². The van der Waals surface area contributed by atoms with Crippen LogP contribution in [0.1, 0.15) is 23.2 Å². The largest absolute Gasteiger partial charge is 0.397 e. The standard InChI is InChI=1S/C14H18N4O2/c15-10-6-8(13(16)19)3-4-11(10)18-5-1-2-9-12(18)7-17-14(9)20/h3-4,6,9,12H,1-2,5,7,15H2,(H2,16,19)(H,17,20). The lowest BCUT2D eigenvalue weighted by Crippen LogP contribution is -2.46. The number of carbonyl (C=O) groups excluding carboxylic acids is 2. The van der Waals surface area contributed by atoms with E-state index in [4.69, 9.17) is 11.5 Å². The van der Waals surface area contributed by atoms with Gasteiger partial charge in [0.15, 0.2) is 0 Å². The van der Waals surface area contributed by atoms with Crippen molar-refractivity contribution < 1.29 is 9.59 Å². The zero-order chi connectivity index (χ0) is 14.3. The number of rotatable bonds is 2. The van der Waals surface area contributed by atoms with E-state index in [0.29, 0.717) is 17.8 Å². The summed E-state index contributed by atoms with van der Waals surface area (Å²) in [6.07, 6.45) is 1.89. The number of fused-ring (bicyclic) bond motifs is 1. The molecule has 2 unspecified atom stereocenters. The number of nitrogens with zero attached hydrogens (tertiary/aromatic N) is 1. The van der Waals surface area contributed by atoms with Crippen molar-refractivity contribution in [3.8, 4) is 0 Å². The highest BCUT2D eigenvalue weighted by Gasteiger charge is 2.41. The predicted molar refractivity (Wildman–Crippen MR) is 76.2 cm³/mol. The number of primary amides is 1. The van der Waals surface area contributed by atoms with Gasteiger partial charge < -0.3 is 21.7 Å². The lowest BCUT2D eigenvalue weighted by molar-refractivity contribution is -0.122. The Morgan fingerprint density at radius 3 is 2.90 bits per heavy atom. The molecule has 0 bridgehead atoms. The fraction of sp³-hybridized carbons (Fsp3) is 0.429. The van der Waals surface area contributed by atoms with Crippen molar-refractivity contribution in [3.05, 3.63) is 23.8 Å². The zero-order valence-electron chi connectivity index (χ0n) is 11.1. The normalized spacial score (nSPS) is 25.2. The minimum atomic E-state index is -0.488. The molecule has 1 aromatic carbocycles. The monoisotopic (exact) mass is 274 g/mol. The summed E-state index contributed by atoms with van der Waals surface area (Å²) in [6, 6.07) is 5.26. The molecule has 0 radical (unpaired) electrons. The van der Waals surface area contributed by atoms with Gasteiger partial charge in [-0.15, -0.1) is 0 Å². The van der Waals surface area contributed by atoms with Crippen LogP contribution in [0.15, 0.2) is 18.2 Å². The topological polar surface area (TPSA) is 101 Å². The van der Waals surface area contributed by atoms with Crippen molar-refractivity contribution in [3.63, 3.8) is 0 Å². The molecular weight excluding hydrogens is 256 g/mol. The van der Waals surface area contributed by atoms with Crippen LogP contribution >= 0.6 is 0 Å². The van der Waals surface area contributed by atoms with Gasteiger partial charge in [0.2, 0.25) is 11.8 Å². The number of hydrogen-bond acceptors (Lipinski definition) is 4. The smallest absolute Gasteiger partial charge is 0.248 e. The number of benzene rings is 1. The van der Waals surface area contributed by atoms with Crippen LogP contribution in [-0.2, 0) is 4.79 Å². The Hall–Kier alpha value is -2.24. The van der Waals surface area contributed by atoms with Crippen molar-refractivity contribution in [2.45, 2.75) is 18.9 Å². The summed E-state index contributed by atoms with van der Waals surface area (Å²) in [7, 11) is 0. The molecule has 2 heterocycles. The molecule has 2 atom stereocenters.